The van der Waals surface area contributed by atoms with Crippen molar-refractivity contribution in [1.82, 2.24) is 4.90 Å². The Labute approximate surface area is 143 Å². The molecule has 1 atom stereocenters. The molecule has 3 nitrogen and oxygen atoms in total. The van der Waals surface area contributed by atoms with Crippen LogP contribution in [0.5, 0.6) is 0 Å². The Morgan fingerprint density at radius 1 is 1.09 bits per heavy atom. The van der Waals surface area contributed by atoms with Gasteiger partial charge in [-0.1, -0.05) is 51.2 Å². The van der Waals surface area contributed by atoms with E-state index in [1.54, 1.807) is 0 Å². The highest BCUT2D eigenvalue weighted by atomic mass is 16.5. The van der Waals surface area contributed by atoms with Crippen LogP contribution in [0.3, 0.4) is 0 Å². The van der Waals surface area contributed by atoms with Gasteiger partial charge in [-0.25, -0.2) is 0 Å². The van der Waals surface area contributed by atoms with Crippen LogP contribution < -0.4 is 0 Å². The van der Waals surface area contributed by atoms with E-state index in [2.05, 4.69) is 19.1 Å². The van der Waals surface area contributed by atoms with Crippen molar-refractivity contribution in [3.63, 3.8) is 0 Å². The van der Waals surface area contributed by atoms with E-state index in [1.807, 2.05) is 12.0 Å². The third kappa shape index (κ3) is 9.80. The Bertz CT molecular complexity index is 322. The van der Waals surface area contributed by atoms with Crippen molar-refractivity contribution in [3.05, 3.63) is 12.2 Å². The van der Waals surface area contributed by atoms with Gasteiger partial charge in [-0.05, 0) is 38.5 Å². The van der Waals surface area contributed by atoms with Crippen LogP contribution in [0, 0.1) is 0 Å². The van der Waals surface area contributed by atoms with Gasteiger partial charge in [0.2, 0.25) is 5.91 Å². The van der Waals surface area contributed by atoms with Gasteiger partial charge in [0, 0.05) is 26.6 Å². The van der Waals surface area contributed by atoms with Crippen molar-refractivity contribution in [2.75, 3.05) is 20.2 Å². The quantitative estimate of drug-likeness (QED) is 0.369. The highest BCUT2D eigenvalue weighted by Crippen LogP contribution is 2.13. The maximum absolute atomic E-state index is 12.0. The maximum atomic E-state index is 12.0. The Hall–Kier alpha value is -0.830. The third-order valence-corrected chi connectivity index (χ3v) is 4.76. The molecule has 1 saturated heterocycles. The minimum Gasteiger partial charge on any atom is -0.381 e. The molecule has 1 fully saturated rings. The Kier molecular flexibility index (Phi) is 11.9. The van der Waals surface area contributed by atoms with Crippen molar-refractivity contribution >= 4 is 5.91 Å². The Morgan fingerprint density at radius 2 is 1.83 bits per heavy atom. The molecule has 0 saturated carbocycles. The summed E-state index contributed by atoms with van der Waals surface area (Å²) in [7, 11) is 1.81. The van der Waals surface area contributed by atoms with E-state index in [-0.39, 0.29) is 0 Å². The molecule has 134 valence electrons. The van der Waals surface area contributed by atoms with E-state index in [0.717, 1.165) is 32.4 Å². The van der Waals surface area contributed by atoms with Gasteiger partial charge in [0.25, 0.3) is 0 Å². The molecule has 0 N–H and O–H groups in total. The lowest BCUT2D eigenvalue weighted by Gasteiger charge is -2.26. The van der Waals surface area contributed by atoms with Crippen LogP contribution in [-0.2, 0) is 9.53 Å². The van der Waals surface area contributed by atoms with Gasteiger partial charge >= 0.3 is 0 Å². The van der Waals surface area contributed by atoms with Crippen LogP contribution in [-0.4, -0.2) is 37.1 Å². The smallest absolute Gasteiger partial charge is 0.222 e. The third-order valence-electron chi connectivity index (χ3n) is 4.76. The number of piperidine rings is 1. The summed E-state index contributed by atoms with van der Waals surface area (Å²) in [5.74, 6) is 0.327. The van der Waals surface area contributed by atoms with Crippen molar-refractivity contribution in [3.8, 4) is 0 Å². The first-order chi connectivity index (χ1) is 11.3. The molecule has 1 aliphatic heterocycles. The monoisotopic (exact) mass is 323 g/mol. The van der Waals surface area contributed by atoms with Crippen molar-refractivity contribution in [1.29, 1.82) is 0 Å². The highest BCUT2D eigenvalue weighted by Gasteiger charge is 2.15. The van der Waals surface area contributed by atoms with Crippen molar-refractivity contribution in [2.24, 2.45) is 0 Å². The summed E-state index contributed by atoms with van der Waals surface area (Å²) in [6.45, 7) is 4.18. The number of hydrogen-bond donors (Lipinski definition) is 0. The van der Waals surface area contributed by atoms with E-state index in [4.69, 9.17) is 4.74 Å². The zero-order chi connectivity index (χ0) is 16.8. The zero-order valence-electron chi connectivity index (χ0n) is 15.4. The minimum atomic E-state index is 0.327. The molecular formula is C20H37NO2. The van der Waals surface area contributed by atoms with Crippen molar-refractivity contribution in [2.45, 2.75) is 90.1 Å². The molecule has 0 radical (unpaired) electrons. The average molecular weight is 324 g/mol. The molecule has 0 aromatic heterocycles. The van der Waals surface area contributed by atoms with Gasteiger partial charge in [0.1, 0.15) is 0 Å². The predicted octanol–water partition coefficient (Wildman–Crippen LogP) is 5.10. The molecule has 1 amide bonds. The van der Waals surface area contributed by atoms with Crippen LogP contribution in [0.15, 0.2) is 12.2 Å². The lowest BCUT2D eigenvalue weighted by Crippen LogP contribution is -2.35. The summed E-state index contributed by atoms with van der Waals surface area (Å²) in [6, 6.07) is 0. The van der Waals surface area contributed by atoms with Gasteiger partial charge in [-0.15, -0.1) is 0 Å². The van der Waals surface area contributed by atoms with E-state index in [9.17, 15) is 4.79 Å². The lowest BCUT2D eigenvalue weighted by atomic mass is 10.1. The summed E-state index contributed by atoms with van der Waals surface area (Å²) in [5.41, 5.74) is 0. The molecule has 0 aromatic rings. The van der Waals surface area contributed by atoms with Gasteiger partial charge in [0.15, 0.2) is 0 Å². The molecule has 0 bridgehead atoms. The number of allylic oxidation sites excluding steroid dienone is 1. The lowest BCUT2D eigenvalue weighted by molar-refractivity contribution is -0.131. The first-order valence-electron chi connectivity index (χ1n) is 9.73. The molecular weight excluding hydrogens is 286 g/mol. The van der Waals surface area contributed by atoms with Crippen LogP contribution >= 0.6 is 0 Å². The van der Waals surface area contributed by atoms with Gasteiger partial charge in [-0.2, -0.15) is 0 Å². The molecule has 0 spiro atoms. The fraction of sp³-hybridized carbons (Fsp3) is 0.850. The number of likely N-dealkylation sites (tertiary alicyclic amines) is 1. The molecule has 1 heterocycles. The molecule has 0 aromatic carbocycles. The van der Waals surface area contributed by atoms with Crippen molar-refractivity contribution < 1.29 is 9.53 Å². The van der Waals surface area contributed by atoms with Crippen LogP contribution in [0.1, 0.15) is 84.0 Å². The fourth-order valence-corrected chi connectivity index (χ4v) is 3.18. The van der Waals surface area contributed by atoms with E-state index in [0.29, 0.717) is 18.4 Å². The summed E-state index contributed by atoms with van der Waals surface area (Å²) >= 11 is 0. The number of amides is 1. The Morgan fingerprint density at radius 3 is 2.52 bits per heavy atom. The number of unbranched alkanes of at least 4 members (excludes halogenated alkanes) is 4. The van der Waals surface area contributed by atoms with E-state index >= 15 is 0 Å². The minimum absolute atomic E-state index is 0.327. The Balaban J connectivity index is 2.07. The topological polar surface area (TPSA) is 29.5 Å². The number of carbonyl (C=O) groups is 1. The number of rotatable bonds is 12. The number of methoxy groups -OCH3 is 1. The van der Waals surface area contributed by atoms with E-state index < -0.39 is 0 Å². The largest absolute Gasteiger partial charge is 0.381 e. The molecule has 1 rings (SSSR count). The second kappa shape index (κ2) is 13.6. The SMILES string of the molecule is CCCCCCC[C@H](C/C=C/CCC(=O)N1CCCCC1)OC. The molecule has 3 heteroatoms. The van der Waals surface area contributed by atoms with Crippen LogP contribution in [0.25, 0.3) is 0 Å². The number of nitrogens with zero attached hydrogens (tertiary/aromatic N) is 1. The van der Waals surface area contributed by atoms with Gasteiger partial charge in [-0.3, -0.25) is 4.79 Å². The summed E-state index contributed by atoms with van der Waals surface area (Å²) in [6.07, 6.45) is 18.6. The molecule has 0 aliphatic carbocycles. The van der Waals surface area contributed by atoms with Gasteiger partial charge in [0.05, 0.1) is 6.10 Å². The zero-order valence-corrected chi connectivity index (χ0v) is 15.4. The summed E-state index contributed by atoms with van der Waals surface area (Å²) < 4.78 is 5.55. The second-order valence-corrected chi connectivity index (χ2v) is 6.75. The number of hydrogen-bond acceptors (Lipinski definition) is 2. The number of carbonyl (C=O) groups excluding carboxylic acids is 1. The number of ether oxygens (including phenoxy) is 1. The first kappa shape index (κ1) is 20.2. The molecule has 0 unspecified atom stereocenters. The normalized spacial score (nSPS) is 16.9. The van der Waals surface area contributed by atoms with Crippen LogP contribution in [0.4, 0.5) is 0 Å². The standard InChI is InChI=1S/C20H37NO2/c1-3-4-5-6-9-14-19(23-2)15-10-7-11-16-20(22)21-17-12-8-13-18-21/h7,10,19H,3-6,8-9,11-18H2,1-2H3/b10-7+/t19-/m1/s1. The van der Waals surface area contributed by atoms with Crippen LogP contribution in [0.2, 0.25) is 0 Å². The fourth-order valence-electron chi connectivity index (χ4n) is 3.18. The molecule has 23 heavy (non-hydrogen) atoms. The predicted molar refractivity (Wildman–Crippen MR) is 97.6 cm³/mol. The second-order valence-electron chi connectivity index (χ2n) is 6.75. The van der Waals surface area contributed by atoms with E-state index in [1.165, 1.54) is 51.4 Å². The summed E-state index contributed by atoms with van der Waals surface area (Å²) in [4.78, 5) is 14.1. The highest BCUT2D eigenvalue weighted by molar-refractivity contribution is 5.76. The summed E-state index contributed by atoms with van der Waals surface area (Å²) in [5, 5.41) is 0. The molecule has 1 aliphatic rings. The maximum Gasteiger partial charge on any atom is 0.222 e. The first-order valence-corrected chi connectivity index (χ1v) is 9.73. The van der Waals surface area contributed by atoms with Gasteiger partial charge < -0.3 is 9.64 Å². The average Bonchev–Trinajstić information content (AvgIpc) is 2.60.